The topological polar surface area (TPSA) is 46.3 Å². The summed E-state index contributed by atoms with van der Waals surface area (Å²) < 4.78 is 13.1. The van der Waals surface area contributed by atoms with Gasteiger partial charge in [-0.2, -0.15) is 0 Å². The van der Waals surface area contributed by atoms with Crippen molar-refractivity contribution in [3.63, 3.8) is 0 Å². The minimum Gasteiger partial charge on any atom is -0.320 e. The molecular formula is C11H11Cl2FN2O. The Morgan fingerprint density at radius 2 is 1.94 bits per heavy atom. The molecule has 1 amide bonds. The van der Waals surface area contributed by atoms with Crippen LogP contribution in [0.3, 0.4) is 0 Å². The lowest BCUT2D eigenvalue weighted by atomic mass is 10.0. The molecule has 0 bridgehead atoms. The summed E-state index contributed by atoms with van der Waals surface area (Å²) in [7, 11) is 0. The van der Waals surface area contributed by atoms with Gasteiger partial charge in [0.05, 0.1) is 21.8 Å². The van der Waals surface area contributed by atoms with Gasteiger partial charge in [0.25, 0.3) is 0 Å². The first-order valence-electron chi connectivity index (χ1n) is 5.22. The van der Waals surface area contributed by atoms with E-state index in [1.807, 2.05) is 0 Å². The molecule has 1 aromatic carbocycles. The number of hydrogen-bond donors (Lipinski definition) is 1. The van der Waals surface area contributed by atoms with Gasteiger partial charge in [-0.15, -0.1) is 0 Å². The molecule has 0 saturated carbocycles. The Bertz CT molecular complexity index is 444. The van der Waals surface area contributed by atoms with Crippen LogP contribution >= 0.6 is 23.2 Å². The molecule has 1 aliphatic heterocycles. The Hall–Kier alpha value is -0.840. The van der Waals surface area contributed by atoms with E-state index in [4.69, 9.17) is 28.9 Å². The smallest absolute Gasteiger partial charge is 0.243 e. The summed E-state index contributed by atoms with van der Waals surface area (Å²) in [6.45, 7) is 0.498. The number of nitrogens with zero attached hydrogens (tertiary/aromatic N) is 1. The summed E-state index contributed by atoms with van der Waals surface area (Å²) in [5, 5.41) is 0.245. The average Bonchev–Trinajstić information content (AvgIpc) is 2.23. The van der Waals surface area contributed by atoms with Gasteiger partial charge in [-0.05, 0) is 25.0 Å². The zero-order valence-corrected chi connectivity index (χ0v) is 10.4. The second-order valence-corrected chi connectivity index (χ2v) is 4.77. The molecule has 17 heavy (non-hydrogen) atoms. The second kappa shape index (κ2) is 4.80. The standard InChI is InChI=1S/C11H11Cl2FN2O/c12-7-4-6(14)5-8(13)10(7)16-3-1-2-9(15)11(16)17/h4-5,9H,1-3,15H2. The molecule has 0 aromatic heterocycles. The summed E-state index contributed by atoms with van der Waals surface area (Å²) in [6.07, 6.45) is 1.42. The molecule has 92 valence electrons. The number of rotatable bonds is 1. The summed E-state index contributed by atoms with van der Waals surface area (Å²) in [6, 6.07) is 1.73. The number of halogens is 3. The quantitative estimate of drug-likeness (QED) is 0.857. The van der Waals surface area contributed by atoms with Crippen LogP contribution in [-0.2, 0) is 4.79 Å². The van der Waals surface area contributed by atoms with E-state index in [-0.39, 0.29) is 16.0 Å². The van der Waals surface area contributed by atoms with Gasteiger partial charge >= 0.3 is 0 Å². The van der Waals surface area contributed by atoms with Gasteiger partial charge in [0.15, 0.2) is 0 Å². The van der Waals surface area contributed by atoms with Crippen molar-refractivity contribution in [1.82, 2.24) is 0 Å². The van der Waals surface area contributed by atoms with Gasteiger partial charge in [0.1, 0.15) is 5.82 Å². The first kappa shape index (κ1) is 12.6. The van der Waals surface area contributed by atoms with E-state index >= 15 is 0 Å². The molecule has 1 saturated heterocycles. The lowest BCUT2D eigenvalue weighted by molar-refractivity contribution is -0.120. The van der Waals surface area contributed by atoms with Crippen molar-refractivity contribution in [3.8, 4) is 0 Å². The highest BCUT2D eigenvalue weighted by Crippen LogP contribution is 2.36. The molecule has 0 radical (unpaired) electrons. The van der Waals surface area contributed by atoms with Gasteiger partial charge in [0, 0.05) is 6.54 Å². The Kier molecular flexibility index (Phi) is 3.56. The van der Waals surface area contributed by atoms with Crippen LogP contribution in [0.1, 0.15) is 12.8 Å². The minimum atomic E-state index is -0.541. The molecule has 1 unspecified atom stereocenters. The van der Waals surface area contributed by atoms with Crippen LogP contribution in [0.2, 0.25) is 10.0 Å². The van der Waals surface area contributed by atoms with Crippen LogP contribution in [-0.4, -0.2) is 18.5 Å². The van der Waals surface area contributed by atoms with Gasteiger partial charge in [0.2, 0.25) is 5.91 Å². The molecule has 2 rings (SSSR count). The van der Waals surface area contributed by atoms with E-state index in [9.17, 15) is 9.18 Å². The molecule has 0 spiro atoms. The van der Waals surface area contributed by atoms with E-state index in [2.05, 4.69) is 0 Å². The van der Waals surface area contributed by atoms with E-state index in [1.165, 1.54) is 4.90 Å². The van der Waals surface area contributed by atoms with Gasteiger partial charge in [-0.25, -0.2) is 4.39 Å². The predicted molar refractivity (Wildman–Crippen MR) is 66.0 cm³/mol. The summed E-state index contributed by atoms with van der Waals surface area (Å²) in [5.41, 5.74) is 6.03. The van der Waals surface area contributed by atoms with Crippen molar-refractivity contribution in [2.24, 2.45) is 5.73 Å². The van der Waals surface area contributed by atoms with E-state index in [0.29, 0.717) is 18.7 Å². The van der Waals surface area contributed by atoms with Crippen LogP contribution in [0.15, 0.2) is 12.1 Å². The molecule has 1 aliphatic rings. The van der Waals surface area contributed by atoms with E-state index in [0.717, 1.165) is 18.6 Å². The van der Waals surface area contributed by atoms with Crippen molar-refractivity contribution >= 4 is 34.8 Å². The maximum Gasteiger partial charge on any atom is 0.243 e. The number of nitrogens with two attached hydrogens (primary N) is 1. The van der Waals surface area contributed by atoms with Crippen molar-refractivity contribution in [2.75, 3.05) is 11.4 Å². The number of carbonyl (C=O) groups excluding carboxylic acids is 1. The van der Waals surface area contributed by atoms with Crippen LogP contribution in [0.25, 0.3) is 0 Å². The molecule has 2 N–H and O–H groups in total. The molecule has 1 atom stereocenters. The van der Waals surface area contributed by atoms with Crippen molar-refractivity contribution in [3.05, 3.63) is 28.0 Å². The summed E-state index contributed by atoms with van der Waals surface area (Å²) in [5.74, 6) is -0.760. The molecular weight excluding hydrogens is 266 g/mol. The van der Waals surface area contributed by atoms with Crippen molar-refractivity contribution < 1.29 is 9.18 Å². The normalized spacial score (nSPS) is 20.8. The van der Waals surface area contributed by atoms with Gasteiger partial charge < -0.3 is 10.6 Å². The lowest BCUT2D eigenvalue weighted by Crippen LogP contribution is -2.48. The molecule has 1 fully saturated rings. The first-order chi connectivity index (χ1) is 8.00. The number of carbonyl (C=O) groups is 1. The molecule has 0 aliphatic carbocycles. The number of benzene rings is 1. The fourth-order valence-electron chi connectivity index (χ4n) is 1.92. The first-order valence-corrected chi connectivity index (χ1v) is 5.98. The Morgan fingerprint density at radius 3 is 2.53 bits per heavy atom. The van der Waals surface area contributed by atoms with Crippen LogP contribution in [0.5, 0.6) is 0 Å². The highest BCUT2D eigenvalue weighted by molar-refractivity contribution is 6.40. The average molecular weight is 277 g/mol. The van der Waals surface area contributed by atoms with Crippen molar-refractivity contribution in [2.45, 2.75) is 18.9 Å². The number of anilines is 1. The summed E-state index contributed by atoms with van der Waals surface area (Å²) in [4.78, 5) is 13.3. The fraction of sp³-hybridized carbons (Fsp3) is 0.364. The number of piperidine rings is 1. The third kappa shape index (κ3) is 2.39. The van der Waals surface area contributed by atoms with Gasteiger partial charge in [-0.3, -0.25) is 4.79 Å². The second-order valence-electron chi connectivity index (χ2n) is 3.96. The monoisotopic (exact) mass is 276 g/mol. The molecule has 6 heteroatoms. The molecule has 1 heterocycles. The lowest BCUT2D eigenvalue weighted by Gasteiger charge is -2.31. The molecule has 3 nitrogen and oxygen atoms in total. The Labute approximate surface area is 108 Å². The molecule has 1 aromatic rings. The highest BCUT2D eigenvalue weighted by atomic mass is 35.5. The Morgan fingerprint density at radius 1 is 1.35 bits per heavy atom. The third-order valence-electron chi connectivity index (χ3n) is 2.73. The minimum absolute atomic E-state index is 0.123. The largest absolute Gasteiger partial charge is 0.320 e. The summed E-state index contributed by atoms with van der Waals surface area (Å²) >= 11 is 11.8. The number of hydrogen-bond acceptors (Lipinski definition) is 2. The van der Waals surface area contributed by atoms with Crippen LogP contribution < -0.4 is 10.6 Å². The maximum atomic E-state index is 13.1. The van der Waals surface area contributed by atoms with Gasteiger partial charge in [-0.1, -0.05) is 23.2 Å². The Balaban J connectivity index is 2.43. The third-order valence-corrected chi connectivity index (χ3v) is 3.31. The van der Waals surface area contributed by atoms with Crippen LogP contribution in [0.4, 0.5) is 10.1 Å². The zero-order chi connectivity index (χ0) is 12.6. The van der Waals surface area contributed by atoms with Crippen LogP contribution in [0, 0.1) is 5.82 Å². The highest BCUT2D eigenvalue weighted by Gasteiger charge is 2.29. The fourth-order valence-corrected chi connectivity index (χ4v) is 2.58. The van der Waals surface area contributed by atoms with E-state index < -0.39 is 11.9 Å². The zero-order valence-electron chi connectivity index (χ0n) is 8.92. The number of amides is 1. The van der Waals surface area contributed by atoms with E-state index in [1.54, 1.807) is 0 Å². The maximum absolute atomic E-state index is 13.1. The van der Waals surface area contributed by atoms with Crippen molar-refractivity contribution in [1.29, 1.82) is 0 Å². The SMILES string of the molecule is NC1CCCN(c2c(Cl)cc(F)cc2Cl)C1=O. The predicted octanol–water partition coefficient (Wildman–Crippen LogP) is 2.59.